The number of thiophene rings is 1. The van der Waals surface area contributed by atoms with E-state index in [-0.39, 0.29) is 11.8 Å². The molecule has 0 aliphatic heterocycles. The molecule has 1 heterocycles. The molecule has 0 spiro atoms. The van der Waals surface area contributed by atoms with Gasteiger partial charge in [-0.1, -0.05) is 0 Å². The number of hydrogen-bond donors (Lipinski definition) is 1. The van der Waals surface area contributed by atoms with Gasteiger partial charge in [-0.3, -0.25) is 4.90 Å². The van der Waals surface area contributed by atoms with Crippen LogP contribution in [0.1, 0.15) is 21.4 Å². The molecule has 1 atom stereocenters. The van der Waals surface area contributed by atoms with E-state index in [1.807, 2.05) is 11.9 Å². The highest BCUT2D eigenvalue weighted by atomic mass is 32.2. The van der Waals surface area contributed by atoms with Gasteiger partial charge in [-0.15, -0.1) is 11.3 Å². The van der Waals surface area contributed by atoms with Crippen LogP contribution in [0.15, 0.2) is 6.07 Å². The fourth-order valence-corrected chi connectivity index (χ4v) is 3.59. The van der Waals surface area contributed by atoms with E-state index in [4.69, 9.17) is 5.73 Å². The van der Waals surface area contributed by atoms with Crippen LogP contribution in [0.4, 0.5) is 0 Å². The average molecular weight is 290 g/mol. The van der Waals surface area contributed by atoms with E-state index in [0.717, 1.165) is 0 Å². The van der Waals surface area contributed by atoms with Gasteiger partial charge < -0.3 is 5.73 Å². The van der Waals surface area contributed by atoms with E-state index in [0.29, 0.717) is 13.1 Å². The zero-order valence-corrected chi connectivity index (χ0v) is 13.1. The van der Waals surface area contributed by atoms with Crippen LogP contribution >= 0.6 is 11.3 Å². The summed E-state index contributed by atoms with van der Waals surface area (Å²) in [5, 5.41) is 0. The van der Waals surface area contributed by atoms with Crippen LogP contribution in [-0.2, 0) is 9.84 Å². The topological polar surface area (TPSA) is 63.4 Å². The monoisotopic (exact) mass is 290 g/mol. The molecule has 0 amide bonds. The first-order valence-corrected chi connectivity index (χ1v) is 8.77. The molecule has 0 aromatic carbocycles. The number of nitrogens with two attached hydrogens (primary N) is 1. The minimum absolute atomic E-state index is 0.0942. The Kier molecular flexibility index (Phi) is 5.33. The van der Waals surface area contributed by atoms with E-state index in [9.17, 15) is 8.42 Å². The molecule has 0 fully saturated rings. The maximum Gasteiger partial charge on any atom is 0.148 e. The van der Waals surface area contributed by atoms with Crippen LogP contribution in [0.5, 0.6) is 0 Å². The highest BCUT2D eigenvalue weighted by Crippen LogP contribution is 2.28. The van der Waals surface area contributed by atoms with Crippen molar-refractivity contribution in [3.05, 3.63) is 21.4 Å². The van der Waals surface area contributed by atoms with Gasteiger partial charge in [0.15, 0.2) is 0 Å². The Balaban J connectivity index is 2.80. The Morgan fingerprint density at radius 2 is 2.06 bits per heavy atom. The fraction of sp³-hybridized carbons (Fsp3) is 0.667. The Labute approximate surface area is 114 Å². The molecule has 1 aromatic heterocycles. The molecule has 6 heteroatoms. The van der Waals surface area contributed by atoms with Crippen LogP contribution in [0, 0.1) is 13.8 Å². The number of hydrogen-bond acceptors (Lipinski definition) is 5. The van der Waals surface area contributed by atoms with Crippen LogP contribution in [-0.4, -0.2) is 45.5 Å². The summed E-state index contributed by atoms with van der Waals surface area (Å²) in [6, 6.07) is 2.24. The molecule has 2 N–H and O–H groups in total. The second kappa shape index (κ2) is 6.14. The van der Waals surface area contributed by atoms with Gasteiger partial charge in [0, 0.05) is 35.1 Å². The van der Waals surface area contributed by atoms with Gasteiger partial charge in [-0.05, 0) is 32.5 Å². The molecule has 1 aromatic rings. The lowest BCUT2D eigenvalue weighted by Gasteiger charge is -2.26. The Bertz CT molecular complexity index is 494. The van der Waals surface area contributed by atoms with Crippen molar-refractivity contribution in [2.24, 2.45) is 5.73 Å². The third-order valence-electron chi connectivity index (χ3n) is 3.01. The summed E-state index contributed by atoms with van der Waals surface area (Å²) >= 11 is 1.75. The first kappa shape index (κ1) is 15.6. The summed E-state index contributed by atoms with van der Waals surface area (Å²) in [5.74, 6) is 0.169. The number of sulfone groups is 1. The lowest BCUT2D eigenvalue weighted by Crippen LogP contribution is -2.34. The Hall–Kier alpha value is -0.430. The normalized spacial score (nSPS) is 14.1. The molecule has 0 bridgehead atoms. The highest BCUT2D eigenvalue weighted by Gasteiger charge is 2.19. The van der Waals surface area contributed by atoms with Gasteiger partial charge >= 0.3 is 0 Å². The highest BCUT2D eigenvalue weighted by molar-refractivity contribution is 7.90. The maximum atomic E-state index is 11.2. The van der Waals surface area contributed by atoms with Crippen LogP contribution < -0.4 is 5.73 Å². The van der Waals surface area contributed by atoms with Crippen molar-refractivity contribution in [2.75, 3.05) is 32.1 Å². The van der Waals surface area contributed by atoms with Crippen LogP contribution in [0.25, 0.3) is 0 Å². The molecular weight excluding hydrogens is 268 g/mol. The smallest absolute Gasteiger partial charge is 0.148 e. The minimum Gasteiger partial charge on any atom is -0.329 e. The number of likely N-dealkylation sites (N-methyl/N-ethyl adjacent to an activating group) is 1. The molecule has 1 rings (SSSR count). The number of rotatable bonds is 6. The summed E-state index contributed by atoms with van der Waals surface area (Å²) in [6.45, 7) is 5.16. The van der Waals surface area contributed by atoms with Gasteiger partial charge in [0.2, 0.25) is 0 Å². The lowest BCUT2D eigenvalue weighted by atomic mass is 10.1. The molecule has 0 aliphatic carbocycles. The van der Waals surface area contributed by atoms with Gasteiger partial charge in [0.25, 0.3) is 0 Å². The number of nitrogens with zero attached hydrogens (tertiary/aromatic N) is 1. The van der Waals surface area contributed by atoms with E-state index in [1.165, 1.54) is 21.6 Å². The molecule has 1 unspecified atom stereocenters. The van der Waals surface area contributed by atoms with Crippen LogP contribution in [0.3, 0.4) is 0 Å². The zero-order chi connectivity index (χ0) is 13.9. The van der Waals surface area contributed by atoms with E-state index >= 15 is 0 Å². The third-order valence-corrected chi connectivity index (χ3v) is 4.91. The van der Waals surface area contributed by atoms with Crippen molar-refractivity contribution >= 4 is 21.2 Å². The molecule has 0 saturated carbocycles. The second-order valence-corrected chi connectivity index (χ2v) is 8.45. The van der Waals surface area contributed by atoms with Crippen LogP contribution in [0.2, 0.25) is 0 Å². The van der Waals surface area contributed by atoms with Crippen molar-refractivity contribution < 1.29 is 8.42 Å². The molecule has 18 heavy (non-hydrogen) atoms. The van der Waals surface area contributed by atoms with Gasteiger partial charge in [0.1, 0.15) is 9.84 Å². The molecule has 104 valence electrons. The molecular formula is C12H22N2O2S2. The molecule has 4 nitrogen and oxygen atoms in total. The second-order valence-electron chi connectivity index (χ2n) is 4.73. The first-order valence-electron chi connectivity index (χ1n) is 5.89. The molecule has 0 saturated heterocycles. The summed E-state index contributed by atoms with van der Waals surface area (Å²) < 4.78 is 22.4. The largest absolute Gasteiger partial charge is 0.329 e. The zero-order valence-electron chi connectivity index (χ0n) is 11.4. The first-order chi connectivity index (χ1) is 8.24. The minimum atomic E-state index is -2.93. The van der Waals surface area contributed by atoms with Crippen molar-refractivity contribution in [2.45, 2.75) is 19.9 Å². The number of aryl methyl sites for hydroxylation is 2. The predicted molar refractivity (Wildman–Crippen MR) is 77.9 cm³/mol. The Morgan fingerprint density at radius 1 is 1.44 bits per heavy atom. The average Bonchev–Trinajstić information content (AvgIpc) is 2.55. The quantitative estimate of drug-likeness (QED) is 0.859. The van der Waals surface area contributed by atoms with Gasteiger partial charge in [-0.2, -0.15) is 0 Å². The Morgan fingerprint density at radius 3 is 2.44 bits per heavy atom. The van der Waals surface area contributed by atoms with Gasteiger partial charge in [-0.25, -0.2) is 8.42 Å². The van der Waals surface area contributed by atoms with Crippen molar-refractivity contribution in [1.29, 1.82) is 0 Å². The fourth-order valence-electron chi connectivity index (χ4n) is 1.99. The van der Waals surface area contributed by atoms with Gasteiger partial charge in [0.05, 0.1) is 5.75 Å². The van der Waals surface area contributed by atoms with Crippen molar-refractivity contribution in [3.63, 3.8) is 0 Å². The predicted octanol–water partition coefficient (Wildman–Crippen LogP) is 1.34. The molecule has 0 aliphatic rings. The standard InChI is InChI=1S/C12H22N2O2S2/c1-9-7-11(10(2)17-9)12(8-13)14(3)5-6-18(4,15)16/h7,12H,5-6,8,13H2,1-4H3. The lowest BCUT2D eigenvalue weighted by molar-refractivity contribution is 0.264. The van der Waals surface area contributed by atoms with Crippen molar-refractivity contribution in [3.8, 4) is 0 Å². The van der Waals surface area contributed by atoms with E-state index < -0.39 is 9.84 Å². The summed E-state index contributed by atoms with van der Waals surface area (Å²) in [6.07, 6.45) is 1.26. The third kappa shape index (κ3) is 4.35. The summed E-state index contributed by atoms with van der Waals surface area (Å²) in [7, 11) is -1.00. The summed E-state index contributed by atoms with van der Waals surface area (Å²) in [5.41, 5.74) is 7.06. The maximum absolute atomic E-state index is 11.2. The molecule has 0 radical (unpaired) electrons. The summed E-state index contributed by atoms with van der Waals surface area (Å²) in [4.78, 5) is 4.54. The SMILES string of the molecule is Cc1cc(C(CN)N(C)CCS(C)(=O)=O)c(C)s1. The van der Waals surface area contributed by atoms with E-state index in [1.54, 1.807) is 11.3 Å². The van der Waals surface area contributed by atoms with E-state index in [2.05, 4.69) is 19.9 Å². The van der Waals surface area contributed by atoms with Crippen molar-refractivity contribution in [1.82, 2.24) is 4.90 Å².